The van der Waals surface area contributed by atoms with E-state index in [1.807, 2.05) is 54.8 Å². The Labute approximate surface area is 166 Å². The first-order chi connectivity index (χ1) is 13.2. The number of ether oxygens (including phenoxy) is 1. The molecule has 6 heteroatoms. The molecule has 0 radical (unpaired) electrons. The molecule has 4 nitrogen and oxygen atoms in total. The molecule has 138 valence electrons. The minimum atomic E-state index is -0.115. The molecule has 3 rings (SSSR count). The van der Waals surface area contributed by atoms with Gasteiger partial charge in [0.05, 0.1) is 17.2 Å². The molecular weight excluding hydrogens is 378 g/mol. The molecule has 0 saturated heterocycles. The van der Waals surface area contributed by atoms with E-state index in [2.05, 4.69) is 5.32 Å². The van der Waals surface area contributed by atoms with Crippen molar-refractivity contribution < 1.29 is 14.3 Å². The second-order valence-corrected chi connectivity index (χ2v) is 7.62. The van der Waals surface area contributed by atoms with Gasteiger partial charge in [0.15, 0.2) is 5.78 Å². The first-order valence-corrected chi connectivity index (χ1v) is 10.4. The van der Waals surface area contributed by atoms with Crippen LogP contribution in [0, 0.1) is 0 Å². The third kappa shape index (κ3) is 5.45. The van der Waals surface area contributed by atoms with Gasteiger partial charge in [-0.1, -0.05) is 6.07 Å². The summed E-state index contributed by atoms with van der Waals surface area (Å²) in [5, 5.41) is 4.73. The number of amides is 1. The van der Waals surface area contributed by atoms with Gasteiger partial charge in [0.25, 0.3) is 5.91 Å². The number of rotatable bonds is 8. The predicted molar refractivity (Wildman–Crippen MR) is 111 cm³/mol. The van der Waals surface area contributed by atoms with Gasteiger partial charge in [-0.3, -0.25) is 9.59 Å². The zero-order valence-electron chi connectivity index (χ0n) is 14.8. The van der Waals surface area contributed by atoms with Crippen molar-refractivity contribution >= 4 is 40.5 Å². The molecule has 0 unspecified atom stereocenters. The summed E-state index contributed by atoms with van der Waals surface area (Å²) >= 11 is 2.88. The lowest BCUT2D eigenvalue weighted by Crippen LogP contribution is -2.09. The van der Waals surface area contributed by atoms with Crippen LogP contribution in [0.3, 0.4) is 0 Å². The summed E-state index contributed by atoms with van der Waals surface area (Å²) in [4.78, 5) is 26.0. The average molecular weight is 398 g/mol. The highest BCUT2D eigenvalue weighted by atomic mass is 32.2. The molecule has 0 aliphatic rings. The van der Waals surface area contributed by atoms with Gasteiger partial charge < -0.3 is 10.1 Å². The quantitative estimate of drug-likeness (QED) is 0.410. The summed E-state index contributed by atoms with van der Waals surface area (Å²) in [6.07, 6.45) is 0. The van der Waals surface area contributed by atoms with Crippen LogP contribution in [0.2, 0.25) is 0 Å². The minimum Gasteiger partial charge on any atom is -0.494 e. The Morgan fingerprint density at radius 3 is 2.41 bits per heavy atom. The number of thiophene rings is 1. The van der Waals surface area contributed by atoms with Crippen LogP contribution < -0.4 is 10.1 Å². The van der Waals surface area contributed by atoms with Crippen molar-refractivity contribution in [2.45, 2.75) is 11.8 Å². The van der Waals surface area contributed by atoms with E-state index in [-0.39, 0.29) is 11.7 Å². The van der Waals surface area contributed by atoms with Gasteiger partial charge in [-0.25, -0.2) is 0 Å². The lowest BCUT2D eigenvalue weighted by Gasteiger charge is -2.06. The van der Waals surface area contributed by atoms with E-state index >= 15 is 0 Å². The topological polar surface area (TPSA) is 55.4 Å². The molecule has 0 aliphatic carbocycles. The van der Waals surface area contributed by atoms with E-state index in [1.54, 1.807) is 18.2 Å². The van der Waals surface area contributed by atoms with E-state index in [4.69, 9.17) is 4.74 Å². The maximum Gasteiger partial charge on any atom is 0.265 e. The smallest absolute Gasteiger partial charge is 0.265 e. The molecule has 3 aromatic rings. The Balaban J connectivity index is 1.52. The average Bonchev–Trinajstić information content (AvgIpc) is 3.23. The number of thioether (sulfide) groups is 1. The van der Waals surface area contributed by atoms with Crippen molar-refractivity contribution in [3.05, 3.63) is 76.5 Å². The van der Waals surface area contributed by atoms with Crippen molar-refractivity contribution in [2.75, 3.05) is 17.7 Å². The fourth-order valence-corrected chi connectivity index (χ4v) is 3.78. The normalized spacial score (nSPS) is 10.4. The Morgan fingerprint density at radius 1 is 1.04 bits per heavy atom. The van der Waals surface area contributed by atoms with Gasteiger partial charge in [-0.2, -0.15) is 0 Å². The maximum atomic E-state index is 12.3. The van der Waals surface area contributed by atoms with Crippen LogP contribution in [0.4, 0.5) is 5.69 Å². The lowest BCUT2D eigenvalue weighted by molar-refractivity contribution is 0.101. The molecule has 1 heterocycles. The number of hydrogen-bond acceptors (Lipinski definition) is 5. The SMILES string of the molecule is CCOc1ccc(C(=O)CSc2ccc(NC(=O)c3cccs3)cc2)cc1. The lowest BCUT2D eigenvalue weighted by atomic mass is 10.1. The van der Waals surface area contributed by atoms with Crippen LogP contribution in [0.1, 0.15) is 27.0 Å². The van der Waals surface area contributed by atoms with E-state index in [9.17, 15) is 9.59 Å². The Hall–Kier alpha value is -2.57. The standard InChI is InChI=1S/C21H19NO3S2/c1-2-25-17-9-5-15(6-10-17)19(23)14-27-18-11-7-16(8-12-18)22-21(24)20-4-3-13-26-20/h3-13H,2,14H2,1H3,(H,22,24). The highest BCUT2D eigenvalue weighted by Crippen LogP contribution is 2.23. The van der Waals surface area contributed by atoms with Crippen molar-refractivity contribution in [1.29, 1.82) is 0 Å². The molecule has 0 atom stereocenters. The molecule has 0 fully saturated rings. The molecular formula is C21H19NO3S2. The number of nitrogens with one attached hydrogen (secondary N) is 1. The number of benzene rings is 2. The molecule has 2 aromatic carbocycles. The Bertz CT molecular complexity index is 888. The number of Topliss-reactive ketones (excluding diaryl/α,β-unsaturated/α-hetero) is 1. The second kappa shape index (κ2) is 9.39. The number of hydrogen-bond donors (Lipinski definition) is 1. The summed E-state index contributed by atoms with van der Waals surface area (Å²) in [6.45, 7) is 2.53. The van der Waals surface area contributed by atoms with Gasteiger partial charge in [-0.15, -0.1) is 23.1 Å². The molecule has 0 saturated carbocycles. The number of carbonyl (C=O) groups is 2. The van der Waals surface area contributed by atoms with Crippen LogP contribution in [0.25, 0.3) is 0 Å². The summed E-state index contributed by atoms with van der Waals surface area (Å²) in [5.41, 5.74) is 1.40. The summed E-state index contributed by atoms with van der Waals surface area (Å²) in [7, 11) is 0. The summed E-state index contributed by atoms with van der Waals surface area (Å²) < 4.78 is 5.39. The zero-order chi connectivity index (χ0) is 19.1. The van der Waals surface area contributed by atoms with Crippen molar-refractivity contribution in [3.63, 3.8) is 0 Å². The maximum absolute atomic E-state index is 12.3. The second-order valence-electron chi connectivity index (χ2n) is 5.63. The van der Waals surface area contributed by atoms with E-state index in [0.29, 0.717) is 22.8 Å². The molecule has 0 aliphatic heterocycles. The van der Waals surface area contributed by atoms with Gasteiger partial charge in [-0.05, 0) is 66.9 Å². The van der Waals surface area contributed by atoms with Gasteiger partial charge in [0, 0.05) is 16.1 Å². The molecule has 1 amide bonds. The molecule has 1 N–H and O–H groups in total. The molecule has 1 aromatic heterocycles. The number of carbonyl (C=O) groups excluding carboxylic acids is 2. The monoisotopic (exact) mass is 397 g/mol. The van der Waals surface area contributed by atoms with Crippen molar-refractivity contribution in [2.24, 2.45) is 0 Å². The first kappa shape index (κ1) is 19.2. The Kier molecular flexibility index (Phi) is 6.68. The highest BCUT2D eigenvalue weighted by molar-refractivity contribution is 8.00. The van der Waals surface area contributed by atoms with Crippen LogP contribution >= 0.6 is 23.1 Å². The largest absolute Gasteiger partial charge is 0.494 e. The first-order valence-electron chi connectivity index (χ1n) is 8.49. The van der Waals surface area contributed by atoms with Crippen molar-refractivity contribution in [1.82, 2.24) is 0 Å². The molecule has 27 heavy (non-hydrogen) atoms. The van der Waals surface area contributed by atoms with Crippen LogP contribution in [0.15, 0.2) is 70.9 Å². The van der Waals surface area contributed by atoms with Gasteiger partial charge >= 0.3 is 0 Å². The van der Waals surface area contributed by atoms with Crippen LogP contribution in [0.5, 0.6) is 5.75 Å². The van der Waals surface area contributed by atoms with Crippen LogP contribution in [-0.2, 0) is 0 Å². The molecule has 0 bridgehead atoms. The molecule has 0 spiro atoms. The number of anilines is 1. The van der Waals surface area contributed by atoms with Crippen molar-refractivity contribution in [3.8, 4) is 5.75 Å². The zero-order valence-corrected chi connectivity index (χ0v) is 16.4. The van der Waals surface area contributed by atoms with Gasteiger partial charge in [0.2, 0.25) is 0 Å². The Morgan fingerprint density at radius 2 is 1.78 bits per heavy atom. The minimum absolute atomic E-state index is 0.0677. The van der Waals surface area contributed by atoms with E-state index in [1.165, 1.54) is 23.1 Å². The fraction of sp³-hybridized carbons (Fsp3) is 0.143. The van der Waals surface area contributed by atoms with E-state index in [0.717, 1.165) is 16.3 Å². The third-order valence-electron chi connectivity index (χ3n) is 3.71. The van der Waals surface area contributed by atoms with E-state index < -0.39 is 0 Å². The number of ketones is 1. The van der Waals surface area contributed by atoms with Crippen LogP contribution in [-0.4, -0.2) is 24.1 Å². The fourth-order valence-electron chi connectivity index (χ4n) is 2.37. The van der Waals surface area contributed by atoms with Gasteiger partial charge in [0.1, 0.15) is 5.75 Å². The summed E-state index contributed by atoms with van der Waals surface area (Å²) in [5.74, 6) is 1.07. The summed E-state index contributed by atoms with van der Waals surface area (Å²) in [6, 6.07) is 18.3. The third-order valence-corrected chi connectivity index (χ3v) is 5.60. The predicted octanol–water partition coefficient (Wildman–Crippen LogP) is 5.37. The highest BCUT2D eigenvalue weighted by Gasteiger charge is 2.09.